The second-order valence-corrected chi connectivity index (χ2v) is 5.40. The van der Waals surface area contributed by atoms with Crippen molar-refractivity contribution in [3.63, 3.8) is 0 Å². The number of nitrogens with two attached hydrogens (primary N) is 1. The highest BCUT2D eigenvalue weighted by atomic mass is 32.2. The van der Waals surface area contributed by atoms with Crippen molar-refractivity contribution in [1.29, 1.82) is 0 Å². The second-order valence-electron chi connectivity index (χ2n) is 4.49. The highest BCUT2D eigenvalue weighted by molar-refractivity contribution is 7.98. The van der Waals surface area contributed by atoms with Gasteiger partial charge in [0.25, 0.3) is 0 Å². The zero-order valence-corrected chi connectivity index (χ0v) is 12.5. The molecule has 21 heavy (non-hydrogen) atoms. The van der Waals surface area contributed by atoms with Crippen molar-refractivity contribution in [2.75, 3.05) is 18.6 Å². The fraction of sp³-hybridized carbons (Fsp3) is 0.667. The molecule has 9 heteroatoms. The van der Waals surface area contributed by atoms with E-state index in [1.165, 1.54) is 11.8 Å². The number of amides is 1. The molecule has 0 aromatic heterocycles. The molecule has 0 aromatic carbocycles. The first-order valence-electron chi connectivity index (χ1n) is 6.26. The van der Waals surface area contributed by atoms with Gasteiger partial charge in [0.05, 0.1) is 5.92 Å². The molecule has 0 spiro atoms. The van der Waals surface area contributed by atoms with E-state index in [0.29, 0.717) is 5.75 Å². The molecule has 0 aromatic rings. The molecule has 5 N–H and O–H groups in total. The van der Waals surface area contributed by atoms with Gasteiger partial charge < -0.3 is 21.3 Å². The minimum Gasteiger partial charge on any atom is -0.480 e. The van der Waals surface area contributed by atoms with E-state index >= 15 is 0 Å². The van der Waals surface area contributed by atoms with Gasteiger partial charge in [0, 0.05) is 18.6 Å². The maximum atomic E-state index is 11.8. The Morgan fingerprint density at radius 1 is 1.24 bits per heavy atom. The van der Waals surface area contributed by atoms with E-state index in [9.17, 15) is 19.2 Å². The van der Waals surface area contributed by atoms with E-state index in [4.69, 9.17) is 15.9 Å². The van der Waals surface area contributed by atoms with Crippen LogP contribution in [0, 0.1) is 5.92 Å². The molecule has 120 valence electrons. The van der Waals surface area contributed by atoms with Crippen molar-refractivity contribution in [3.05, 3.63) is 0 Å². The summed E-state index contributed by atoms with van der Waals surface area (Å²) in [5, 5.41) is 19.3. The fourth-order valence-corrected chi connectivity index (χ4v) is 2.22. The highest BCUT2D eigenvalue weighted by Gasteiger charge is 2.22. The van der Waals surface area contributed by atoms with Crippen LogP contribution < -0.4 is 11.1 Å². The van der Waals surface area contributed by atoms with Crippen LogP contribution in [0.2, 0.25) is 0 Å². The van der Waals surface area contributed by atoms with Crippen LogP contribution in [-0.4, -0.2) is 58.4 Å². The molecule has 0 rings (SSSR count). The minimum atomic E-state index is -1.18. The molecule has 2 unspecified atom stereocenters. The van der Waals surface area contributed by atoms with E-state index in [2.05, 4.69) is 5.32 Å². The van der Waals surface area contributed by atoms with Gasteiger partial charge in [0.2, 0.25) is 5.91 Å². The highest BCUT2D eigenvalue weighted by Crippen LogP contribution is 2.13. The molecule has 0 saturated heterocycles. The first-order chi connectivity index (χ1) is 9.77. The third-order valence-electron chi connectivity index (χ3n) is 2.68. The molecule has 0 saturated carbocycles. The predicted octanol–water partition coefficient (Wildman–Crippen LogP) is -0.682. The van der Waals surface area contributed by atoms with Gasteiger partial charge in [-0.2, -0.15) is 11.8 Å². The average Bonchev–Trinajstić information content (AvgIpc) is 2.41. The van der Waals surface area contributed by atoms with Gasteiger partial charge in [0.15, 0.2) is 0 Å². The molecule has 0 aliphatic carbocycles. The maximum absolute atomic E-state index is 11.8. The molecule has 2 atom stereocenters. The summed E-state index contributed by atoms with van der Waals surface area (Å²) in [6.07, 6.45) is 1.70. The number of aliphatic carboxylic acids is 2. The van der Waals surface area contributed by atoms with Gasteiger partial charge in [-0.25, -0.2) is 0 Å². The van der Waals surface area contributed by atoms with E-state index in [1.54, 1.807) is 6.26 Å². The van der Waals surface area contributed by atoms with Gasteiger partial charge in [-0.1, -0.05) is 0 Å². The Morgan fingerprint density at radius 3 is 2.33 bits per heavy atom. The lowest BCUT2D eigenvalue weighted by molar-refractivity contribution is -0.139. The Labute approximate surface area is 126 Å². The summed E-state index contributed by atoms with van der Waals surface area (Å²) in [4.78, 5) is 44.4. The minimum absolute atomic E-state index is 0.0108. The van der Waals surface area contributed by atoms with E-state index in [0.717, 1.165) is 0 Å². The summed E-state index contributed by atoms with van der Waals surface area (Å²) in [5.41, 5.74) is 5.29. The van der Waals surface area contributed by atoms with E-state index < -0.39 is 36.4 Å². The number of hydrogen-bond acceptors (Lipinski definition) is 6. The lowest BCUT2D eigenvalue weighted by Crippen LogP contribution is -2.37. The summed E-state index contributed by atoms with van der Waals surface area (Å²) in [6, 6.07) is -1.10. The standard InChI is InChI=1S/C12H20N2O6S/c1-21-6-7(11(18)14-5-10(16)17)4-8(15)2-3-9(13)12(19)20/h7,9H,2-6,13H2,1H3,(H,14,18)(H,16,17)(H,19,20). The van der Waals surface area contributed by atoms with Gasteiger partial charge in [-0.05, 0) is 12.7 Å². The molecule has 0 fully saturated rings. The summed E-state index contributed by atoms with van der Waals surface area (Å²) in [7, 11) is 0. The first kappa shape index (κ1) is 19.4. The Morgan fingerprint density at radius 2 is 1.86 bits per heavy atom. The number of carbonyl (C=O) groups excluding carboxylic acids is 2. The second kappa shape index (κ2) is 10.2. The summed E-state index contributed by atoms with van der Waals surface area (Å²) in [5.74, 6) is -3.36. The Bertz CT molecular complexity index is 401. The lowest BCUT2D eigenvalue weighted by atomic mass is 9.99. The topological polar surface area (TPSA) is 147 Å². The van der Waals surface area contributed by atoms with E-state index in [1.807, 2.05) is 0 Å². The van der Waals surface area contributed by atoms with Crippen molar-refractivity contribution in [2.24, 2.45) is 11.7 Å². The SMILES string of the molecule is CSCC(CC(=O)CCC(N)C(=O)O)C(=O)NCC(=O)O. The molecule has 1 amide bonds. The number of carbonyl (C=O) groups is 4. The van der Waals surface area contributed by atoms with Gasteiger partial charge >= 0.3 is 11.9 Å². The number of thioether (sulfide) groups is 1. The summed E-state index contributed by atoms with van der Waals surface area (Å²) >= 11 is 1.36. The van der Waals surface area contributed by atoms with Gasteiger partial charge in [-0.15, -0.1) is 0 Å². The van der Waals surface area contributed by atoms with Crippen molar-refractivity contribution >= 4 is 35.4 Å². The van der Waals surface area contributed by atoms with Crippen molar-refractivity contribution in [2.45, 2.75) is 25.3 Å². The van der Waals surface area contributed by atoms with Crippen molar-refractivity contribution in [3.8, 4) is 0 Å². The molecule has 0 aliphatic rings. The van der Waals surface area contributed by atoms with Crippen LogP contribution in [0.25, 0.3) is 0 Å². The smallest absolute Gasteiger partial charge is 0.322 e. The monoisotopic (exact) mass is 320 g/mol. The maximum Gasteiger partial charge on any atom is 0.322 e. The molecule has 0 aliphatic heterocycles. The van der Waals surface area contributed by atoms with Crippen molar-refractivity contribution < 1.29 is 29.4 Å². The zero-order chi connectivity index (χ0) is 16.4. The van der Waals surface area contributed by atoms with Gasteiger partial charge in [-0.3, -0.25) is 19.2 Å². The Hall–Kier alpha value is -1.61. The van der Waals surface area contributed by atoms with Crippen LogP contribution in [0.5, 0.6) is 0 Å². The normalized spacial score (nSPS) is 13.2. The quantitative estimate of drug-likeness (QED) is 0.391. The molecular formula is C12H20N2O6S. The summed E-state index contributed by atoms with van der Waals surface area (Å²) < 4.78 is 0. The van der Waals surface area contributed by atoms with Crippen LogP contribution in [0.3, 0.4) is 0 Å². The number of nitrogens with one attached hydrogen (secondary N) is 1. The van der Waals surface area contributed by atoms with Crippen molar-refractivity contribution in [1.82, 2.24) is 5.32 Å². The number of carboxylic acids is 2. The number of rotatable bonds is 11. The van der Waals surface area contributed by atoms with E-state index in [-0.39, 0.29) is 25.0 Å². The number of hydrogen-bond donors (Lipinski definition) is 4. The third kappa shape index (κ3) is 9.03. The molecule has 0 radical (unpaired) electrons. The van der Waals surface area contributed by atoms with Gasteiger partial charge in [0.1, 0.15) is 18.4 Å². The zero-order valence-electron chi connectivity index (χ0n) is 11.7. The molecule has 0 heterocycles. The average molecular weight is 320 g/mol. The predicted molar refractivity (Wildman–Crippen MR) is 77.0 cm³/mol. The summed E-state index contributed by atoms with van der Waals surface area (Å²) in [6.45, 7) is -0.498. The first-order valence-corrected chi connectivity index (χ1v) is 7.65. The Balaban J connectivity index is 4.35. The number of ketones is 1. The molecular weight excluding hydrogens is 300 g/mol. The Kier molecular flexibility index (Phi) is 9.39. The van der Waals surface area contributed by atoms with Crippen LogP contribution in [0.1, 0.15) is 19.3 Å². The lowest BCUT2D eigenvalue weighted by Gasteiger charge is -2.14. The number of Topliss-reactive ketones (excluding diaryl/α,β-unsaturated/α-hetero) is 1. The van der Waals surface area contributed by atoms with Crippen LogP contribution in [0.4, 0.5) is 0 Å². The molecule has 8 nitrogen and oxygen atoms in total. The van der Waals surface area contributed by atoms with Crippen LogP contribution >= 0.6 is 11.8 Å². The fourth-order valence-electron chi connectivity index (χ4n) is 1.55. The van der Waals surface area contributed by atoms with Crippen LogP contribution in [-0.2, 0) is 19.2 Å². The van der Waals surface area contributed by atoms with Crippen LogP contribution in [0.15, 0.2) is 0 Å². The molecule has 0 bridgehead atoms. The number of carboxylic acid groups (broad SMARTS) is 2. The largest absolute Gasteiger partial charge is 0.480 e. The third-order valence-corrected chi connectivity index (χ3v) is 3.41.